The van der Waals surface area contributed by atoms with Gasteiger partial charge in [0.05, 0.1) is 4.88 Å². The number of aromatic nitrogens is 3. The van der Waals surface area contributed by atoms with E-state index >= 15 is 0 Å². The van der Waals surface area contributed by atoms with Gasteiger partial charge in [-0.3, -0.25) is 19.4 Å². The molecule has 4 heterocycles. The summed E-state index contributed by atoms with van der Waals surface area (Å²) in [6, 6.07) is 14.8. The molecule has 0 atom stereocenters. The summed E-state index contributed by atoms with van der Waals surface area (Å²) in [5.74, 6) is 0.547. The summed E-state index contributed by atoms with van der Waals surface area (Å²) in [7, 11) is 0. The molecule has 0 saturated carbocycles. The third-order valence-corrected chi connectivity index (χ3v) is 7.98. The molecule has 6 nitrogen and oxygen atoms in total. The zero-order chi connectivity index (χ0) is 22.8. The molecular weight excluding hydrogens is 477 g/mol. The molecule has 3 aromatic heterocycles. The molecule has 33 heavy (non-hydrogen) atoms. The van der Waals surface area contributed by atoms with Crippen LogP contribution in [-0.4, -0.2) is 56.7 Å². The van der Waals surface area contributed by atoms with Crippen molar-refractivity contribution in [2.75, 3.05) is 26.2 Å². The predicted octanol–water partition coefficient (Wildman–Crippen LogP) is 4.88. The van der Waals surface area contributed by atoms with Gasteiger partial charge in [-0.2, -0.15) is 5.10 Å². The van der Waals surface area contributed by atoms with Crippen molar-refractivity contribution in [3.8, 4) is 21.1 Å². The van der Waals surface area contributed by atoms with E-state index in [1.165, 1.54) is 10.9 Å². The number of hydrogen-bond acceptors (Lipinski definition) is 6. The second-order valence-electron chi connectivity index (χ2n) is 7.82. The van der Waals surface area contributed by atoms with Crippen molar-refractivity contribution in [3.05, 3.63) is 69.4 Å². The van der Waals surface area contributed by atoms with Gasteiger partial charge in [-0.05, 0) is 41.9 Å². The number of amides is 1. The highest BCUT2D eigenvalue weighted by molar-refractivity contribution is 7.71. The molecule has 1 fully saturated rings. The average molecular weight is 500 g/mol. The maximum atomic E-state index is 14.1. The Morgan fingerprint density at radius 3 is 2.64 bits per heavy atom. The molecule has 0 radical (unpaired) electrons. The van der Waals surface area contributed by atoms with Crippen LogP contribution in [0.5, 0.6) is 0 Å². The van der Waals surface area contributed by atoms with E-state index in [-0.39, 0.29) is 18.3 Å². The Hall–Kier alpha value is -2.66. The smallest absolute Gasteiger partial charge is 0.242 e. The van der Waals surface area contributed by atoms with Crippen LogP contribution in [0.15, 0.2) is 53.9 Å². The lowest BCUT2D eigenvalue weighted by Gasteiger charge is -2.34. The quantitative estimate of drug-likeness (QED) is 0.384. The number of benzene rings is 1. The molecule has 1 saturated heterocycles. The first-order valence-corrected chi connectivity index (χ1v) is 12.7. The first-order chi connectivity index (χ1) is 16.1. The summed E-state index contributed by atoms with van der Waals surface area (Å²) < 4.78 is 16.3. The highest BCUT2D eigenvalue weighted by Gasteiger charge is 2.23. The SMILES string of the molecule is O=C(Cn1c(-c2cccs2)n[nH]c1=S)N1CCN(Cc2ccc(-c3ccccc3F)s2)CC1. The fourth-order valence-corrected chi connectivity index (χ4v) is 5.93. The van der Waals surface area contributed by atoms with E-state index < -0.39 is 0 Å². The first-order valence-electron chi connectivity index (χ1n) is 10.6. The lowest BCUT2D eigenvalue weighted by atomic mass is 10.2. The second kappa shape index (κ2) is 9.68. The number of carbonyl (C=O) groups excluding carboxylic acids is 1. The molecular formula is C23H22FN5OS3. The lowest BCUT2D eigenvalue weighted by molar-refractivity contribution is -0.133. The summed E-state index contributed by atoms with van der Waals surface area (Å²) in [4.78, 5) is 20.3. The predicted molar refractivity (Wildman–Crippen MR) is 132 cm³/mol. The summed E-state index contributed by atoms with van der Waals surface area (Å²) >= 11 is 8.54. The van der Waals surface area contributed by atoms with Gasteiger partial charge in [0, 0.05) is 48.0 Å². The number of carbonyl (C=O) groups is 1. The normalized spacial score (nSPS) is 14.6. The van der Waals surface area contributed by atoms with Gasteiger partial charge < -0.3 is 4.90 Å². The molecule has 1 aromatic carbocycles. The Labute approximate surface area is 203 Å². The zero-order valence-corrected chi connectivity index (χ0v) is 20.2. The first kappa shape index (κ1) is 22.1. The molecule has 10 heteroatoms. The van der Waals surface area contributed by atoms with Crippen LogP contribution in [0.4, 0.5) is 4.39 Å². The van der Waals surface area contributed by atoms with Crippen molar-refractivity contribution in [2.45, 2.75) is 13.1 Å². The molecule has 4 aromatic rings. The maximum Gasteiger partial charge on any atom is 0.242 e. The van der Waals surface area contributed by atoms with E-state index in [9.17, 15) is 9.18 Å². The fraction of sp³-hybridized carbons (Fsp3) is 0.261. The third-order valence-electron chi connectivity index (χ3n) is 5.70. The van der Waals surface area contributed by atoms with Crippen LogP contribution in [0, 0.1) is 10.6 Å². The zero-order valence-electron chi connectivity index (χ0n) is 17.7. The molecule has 0 unspecified atom stereocenters. The van der Waals surface area contributed by atoms with Crippen molar-refractivity contribution < 1.29 is 9.18 Å². The van der Waals surface area contributed by atoms with Gasteiger partial charge in [0.2, 0.25) is 5.91 Å². The van der Waals surface area contributed by atoms with Crippen molar-refractivity contribution in [3.63, 3.8) is 0 Å². The standard InChI is InChI=1S/C23H22FN5OS3/c24-18-5-2-1-4-17(18)19-8-7-16(33-19)14-27-9-11-28(12-10-27)21(30)15-29-22(25-26-23(29)31)20-6-3-13-32-20/h1-8,13H,9-12,14-15H2,(H,26,31). The highest BCUT2D eigenvalue weighted by atomic mass is 32.1. The number of halogens is 1. The van der Waals surface area contributed by atoms with Gasteiger partial charge >= 0.3 is 0 Å². The van der Waals surface area contributed by atoms with Gasteiger partial charge in [0.25, 0.3) is 0 Å². The Balaban J connectivity index is 1.18. The van der Waals surface area contributed by atoms with Gasteiger partial charge in [0.15, 0.2) is 10.6 Å². The number of piperazine rings is 1. The van der Waals surface area contributed by atoms with E-state index in [0.29, 0.717) is 29.2 Å². The van der Waals surface area contributed by atoms with Crippen molar-refractivity contribution in [1.29, 1.82) is 0 Å². The summed E-state index contributed by atoms with van der Waals surface area (Å²) in [5.41, 5.74) is 0.643. The molecule has 0 aliphatic carbocycles. The highest BCUT2D eigenvalue weighted by Crippen LogP contribution is 2.31. The summed E-state index contributed by atoms with van der Waals surface area (Å²) in [5, 5.41) is 9.08. The van der Waals surface area contributed by atoms with Crippen LogP contribution in [0.25, 0.3) is 21.1 Å². The van der Waals surface area contributed by atoms with Crippen LogP contribution >= 0.6 is 34.9 Å². The van der Waals surface area contributed by atoms with Gasteiger partial charge in [-0.15, -0.1) is 22.7 Å². The maximum absolute atomic E-state index is 14.1. The van der Waals surface area contributed by atoms with Crippen LogP contribution < -0.4 is 0 Å². The fourth-order valence-electron chi connectivity index (χ4n) is 3.94. The molecule has 1 N–H and O–H groups in total. The second-order valence-corrected chi connectivity index (χ2v) is 10.3. The average Bonchev–Trinajstić information content (AvgIpc) is 3.57. The number of thiophene rings is 2. The largest absolute Gasteiger partial charge is 0.339 e. The topological polar surface area (TPSA) is 57.2 Å². The van der Waals surface area contributed by atoms with E-state index in [2.05, 4.69) is 21.2 Å². The molecule has 5 rings (SSSR count). The molecule has 1 aliphatic rings. The number of hydrogen-bond donors (Lipinski definition) is 1. The number of nitrogens with one attached hydrogen (secondary N) is 1. The van der Waals surface area contributed by atoms with E-state index in [1.54, 1.807) is 33.3 Å². The molecule has 0 spiro atoms. The lowest BCUT2D eigenvalue weighted by Crippen LogP contribution is -2.49. The third kappa shape index (κ3) is 4.84. The van der Waals surface area contributed by atoms with Crippen molar-refractivity contribution in [2.24, 2.45) is 0 Å². The van der Waals surface area contributed by atoms with Crippen molar-refractivity contribution >= 4 is 40.8 Å². The molecule has 1 aliphatic heterocycles. The number of nitrogens with zero attached hydrogens (tertiary/aromatic N) is 4. The van der Waals surface area contributed by atoms with E-state index in [0.717, 1.165) is 29.4 Å². The monoisotopic (exact) mass is 499 g/mol. The Bertz CT molecular complexity index is 1300. The van der Waals surface area contributed by atoms with E-state index in [4.69, 9.17) is 12.2 Å². The molecule has 1 amide bonds. The molecule has 0 bridgehead atoms. The minimum Gasteiger partial charge on any atom is -0.339 e. The number of aromatic amines is 1. The summed E-state index contributed by atoms with van der Waals surface area (Å²) in [6.07, 6.45) is 0. The minimum atomic E-state index is -0.196. The van der Waals surface area contributed by atoms with Gasteiger partial charge in [-0.1, -0.05) is 24.3 Å². The Kier molecular flexibility index (Phi) is 6.50. The Morgan fingerprint density at radius 1 is 1.06 bits per heavy atom. The van der Waals surface area contributed by atoms with Crippen LogP contribution in [0.3, 0.4) is 0 Å². The summed E-state index contributed by atoms with van der Waals surface area (Å²) in [6.45, 7) is 3.92. The van der Waals surface area contributed by atoms with Gasteiger partial charge in [0.1, 0.15) is 12.4 Å². The van der Waals surface area contributed by atoms with Crippen LogP contribution in [0.1, 0.15) is 4.88 Å². The van der Waals surface area contributed by atoms with Crippen LogP contribution in [0.2, 0.25) is 0 Å². The number of H-pyrrole nitrogens is 1. The molecule has 170 valence electrons. The number of rotatable bonds is 6. The van der Waals surface area contributed by atoms with E-state index in [1.807, 2.05) is 40.6 Å². The van der Waals surface area contributed by atoms with Gasteiger partial charge in [-0.25, -0.2) is 4.39 Å². The Morgan fingerprint density at radius 2 is 1.88 bits per heavy atom. The van der Waals surface area contributed by atoms with Crippen molar-refractivity contribution in [1.82, 2.24) is 24.6 Å². The minimum absolute atomic E-state index is 0.0444. The van der Waals surface area contributed by atoms with Crippen LogP contribution in [-0.2, 0) is 17.9 Å².